The number of rotatable bonds is 72. The van der Waals surface area contributed by atoms with Crippen LogP contribution in [0.25, 0.3) is 0 Å². The van der Waals surface area contributed by atoms with Crippen molar-refractivity contribution in [3.8, 4) is 11.5 Å². The van der Waals surface area contributed by atoms with Crippen molar-refractivity contribution in [3.63, 3.8) is 0 Å². The fourth-order valence-electron chi connectivity index (χ4n) is 13.9. The summed E-state index contributed by atoms with van der Waals surface area (Å²) in [7, 11) is 0. The predicted molar refractivity (Wildman–Crippen MR) is 521 cm³/mol. The van der Waals surface area contributed by atoms with Crippen LogP contribution in [0.1, 0.15) is 174 Å². The molecule has 16 amide bonds. The van der Waals surface area contributed by atoms with Crippen LogP contribution in [0.5, 0.6) is 11.5 Å². The van der Waals surface area contributed by atoms with Crippen molar-refractivity contribution in [2.24, 2.45) is 52.0 Å². The third-order valence-electron chi connectivity index (χ3n) is 21.5. The van der Waals surface area contributed by atoms with Crippen molar-refractivity contribution in [2.45, 2.75) is 273 Å². The van der Waals surface area contributed by atoms with Gasteiger partial charge in [-0.2, -0.15) is 23.5 Å². The molecule has 0 radical (unpaired) electrons. The van der Waals surface area contributed by atoms with Gasteiger partial charge in [0.05, 0.1) is 31.7 Å². The van der Waals surface area contributed by atoms with Crippen molar-refractivity contribution in [1.82, 2.24) is 90.4 Å². The van der Waals surface area contributed by atoms with E-state index >= 15 is 0 Å². The number of carbonyl (C=O) groups excluding carboxylic acids is 16. The molecule has 0 aliphatic rings. The lowest BCUT2D eigenvalue weighted by Gasteiger charge is -2.29. The second-order valence-electron chi connectivity index (χ2n) is 34.4. The normalized spacial score (nSPS) is 14.6. The van der Waals surface area contributed by atoms with Gasteiger partial charge in [-0.15, -0.1) is 0 Å². The number of aliphatic hydroxyl groups excluding tert-OH is 2. The van der Waals surface area contributed by atoms with Gasteiger partial charge in [-0.25, -0.2) is 4.79 Å². The van der Waals surface area contributed by atoms with Crippen LogP contribution in [-0.4, -0.2) is 316 Å². The predicted octanol–water partition coefficient (Wildman–Crippen LogP) is -7.18. The first-order chi connectivity index (χ1) is 66.2. The van der Waals surface area contributed by atoms with Crippen molar-refractivity contribution in [3.05, 3.63) is 59.7 Å². The van der Waals surface area contributed by atoms with E-state index in [0.717, 1.165) is 6.92 Å². The molecule has 0 unspecified atom stereocenters. The molecular weight excluding hydrogens is 1870 g/mol. The number of carbonyl (C=O) groups is 18. The first-order valence-corrected chi connectivity index (χ1v) is 49.1. The van der Waals surface area contributed by atoms with Crippen LogP contribution in [-0.2, 0) is 99.1 Å². The lowest BCUT2D eigenvalue weighted by atomic mass is 10.0. The Bertz CT molecular complexity index is 4360. The van der Waals surface area contributed by atoms with Gasteiger partial charge in [-0.1, -0.05) is 52.0 Å². The molecule has 0 aliphatic carbocycles. The number of phenolic OH excluding ortho intramolecular Hbond substituents is 2. The van der Waals surface area contributed by atoms with E-state index in [1.54, 1.807) is 34.0 Å². The quantitative estimate of drug-likeness (QED) is 0.0166. The SMILES string of the molecule is CSCC[C@H](NC(=O)[C@H](CO)NC(=O)[C@H](CCCNC(=N)N)NC(=O)[C@H](CC(C)C)NC(=O)[C@H](CCCCN)NC(=O)[C@H](CCCCN)NC(=O)[C@H](CCC(N)=O)NC(=O)[C@H](Cc1ccc(O)cc1)NC(=O)CNC(=O)[C@@H](N)CCSC)C(=O)N[C@@H](C(=O)N[C@@H](CC(=O)O)C(=O)N[C@@H](CCCCN)C(=O)N[C@@H](Cc1ccc(O)cc1)C(=O)N[C@@H](CCCNC(=N)N)C(=O)N[C@@H](CC(C)C)C(=O)O)[C@@H](C)O. The first kappa shape index (κ1) is 124. The zero-order chi connectivity index (χ0) is 105. The van der Waals surface area contributed by atoms with Gasteiger partial charge in [0, 0.05) is 32.4 Å². The smallest absolute Gasteiger partial charge is 0.326 e. The van der Waals surface area contributed by atoms with Crippen LogP contribution >= 0.6 is 23.5 Å². The number of hydrogen-bond acceptors (Lipinski definition) is 30. The van der Waals surface area contributed by atoms with E-state index in [4.69, 9.17) is 51.0 Å². The molecule has 2 aromatic rings. The minimum absolute atomic E-state index is 0.00383. The molecule has 0 aromatic heterocycles. The van der Waals surface area contributed by atoms with E-state index in [2.05, 4.69) is 90.4 Å². The summed E-state index contributed by atoms with van der Waals surface area (Å²) < 4.78 is 0. The molecule has 52 heteroatoms. The molecule has 0 aliphatic heterocycles. The summed E-state index contributed by atoms with van der Waals surface area (Å²) in [4.78, 5) is 252. The summed E-state index contributed by atoms with van der Waals surface area (Å²) in [5.74, 6) is -20.8. The molecule has 2 rings (SSSR count). The number of amides is 16. The number of thioether (sulfide) groups is 2. The van der Waals surface area contributed by atoms with E-state index in [1.807, 2.05) is 6.26 Å². The van der Waals surface area contributed by atoms with Gasteiger partial charge in [0.1, 0.15) is 96.1 Å². The van der Waals surface area contributed by atoms with E-state index in [9.17, 15) is 117 Å². The summed E-state index contributed by atoms with van der Waals surface area (Å²) in [6.45, 7) is 6.36. The molecule has 50 nitrogen and oxygen atoms in total. The summed E-state index contributed by atoms with van der Waals surface area (Å²) in [5, 5.41) is 120. The summed E-state index contributed by atoms with van der Waals surface area (Å²) >= 11 is 2.62. The number of benzene rings is 2. The molecule has 0 spiro atoms. The number of nitrogens with one attached hydrogen (secondary N) is 19. The van der Waals surface area contributed by atoms with Crippen molar-refractivity contribution < 1.29 is 117 Å². The van der Waals surface area contributed by atoms with Gasteiger partial charge in [-0.3, -0.25) is 92.3 Å². The minimum atomic E-state index is -2.12. The zero-order valence-electron chi connectivity index (χ0n) is 80.3. The highest BCUT2D eigenvalue weighted by Crippen LogP contribution is 2.19. The third-order valence-corrected chi connectivity index (χ3v) is 22.8. The van der Waals surface area contributed by atoms with Crippen LogP contribution < -0.4 is 131 Å². The average molecular weight is 2020 g/mol. The standard InChI is InChI=1S/C88H148N26O24S2/c1-47(2)40-62(109-74(125)56(17-9-12-34-90)102-73(124)55(16-8-11-33-89)103-78(129)60(29-30-68(93)119)107-81(132)63(42-50-21-25-52(117)26-22-50)101-69(120)45-100-72(123)54(92)31-38-139-6)80(131)105-59(20-15-37-99-88(96)97)77(128)113-67(46-115)84(135)108-61(32-39-140-7)79(130)114-71(49(5)116)85(136)111-65(44-70(121)122)83(134)104-57(18-10-13-35-91)75(126)110-64(43-51-23-27-53(118)28-24-51)82(133)106-58(19-14-36-98-87(94)95)76(127)112-66(86(137)138)41-48(3)4/h21-28,47-49,54-67,71,115-118H,8-20,29-46,89-92H2,1-7H3,(H2,93,119)(H,100,123)(H,101,120)(H,102,124)(H,103,129)(H,104,134)(H,105,131)(H,106,133)(H,107,132)(H,108,135)(H,109,125)(H,110,126)(H,111,136)(H,112,127)(H,113,128)(H,114,130)(H,121,122)(H,137,138)(H4,94,95,98)(H4,96,97,99)/t49-,54+,55+,56+,57+,58+,59+,60+,61+,62+,63+,64+,65+,66+,67+,71-/m1/s1. The molecule has 0 saturated carbocycles. The molecule has 0 heterocycles. The number of aromatic hydroxyl groups is 2. The van der Waals surface area contributed by atoms with Gasteiger partial charge in [0.25, 0.3) is 0 Å². The maximum atomic E-state index is 14.8. The number of aliphatic carboxylic acids is 2. The first-order valence-electron chi connectivity index (χ1n) is 46.3. The highest BCUT2D eigenvalue weighted by Gasteiger charge is 2.40. The van der Waals surface area contributed by atoms with Gasteiger partial charge in [0.2, 0.25) is 94.5 Å². The largest absolute Gasteiger partial charge is 0.508 e. The molecule has 140 heavy (non-hydrogen) atoms. The van der Waals surface area contributed by atoms with Crippen LogP contribution in [0.15, 0.2) is 48.5 Å². The minimum Gasteiger partial charge on any atom is -0.508 e. The molecule has 16 atom stereocenters. The molecular formula is C88H148N26O24S2. The number of primary amides is 1. The molecule has 2 aromatic carbocycles. The Balaban J connectivity index is 2.60. The Morgan fingerprint density at radius 1 is 0.364 bits per heavy atom. The van der Waals surface area contributed by atoms with E-state index in [0.29, 0.717) is 36.1 Å². The fourth-order valence-corrected chi connectivity index (χ4v) is 14.9. The highest BCUT2D eigenvalue weighted by atomic mass is 32.2. The zero-order valence-corrected chi connectivity index (χ0v) is 82.0. The Labute approximate surface area is 821 Å². The average Bonchev–Trinajstić information content (AvgIpc) is 0.845. The van der Waals surface area contributed by atoms with Crippen molar-refractivity contribution >= 4 is 142 Å². The molecule has 0 saturated heterocycles. The lowest BCUT2D eigenvalue weighted by Crippen LogP contribution is -2.62. The summed E-state index contributed by atoms with van der Waals surface area (Å²) in [5.41, 5.74) is 40.8. The number of unbranched alkanes of at least 4 members (excludes halogenated alkanes) is 3. The molecule has 786 valence electrons. The van der Waals surface area contributed by atoms with E-state index < -0.39 is 253 Å². The molecule has 0 bridgehead atoms. The Morgan fingerprint density at radius 3 is 1.04 bits per heavy atom. The third kappa shape index (κ3) is 50.4. The van der Waals surface area contributed by atoms with Crippen molar-refractivity contribution in [1.29, 1.82) is 10.8 Å². The van der Waals surface area contributed by atoms with Gasteiger partial charge in [0.15, 0.2) is 11.9 Å². The van der Waals surface area contributed by atoms with Crippen LogP contribution in [0.3, 0.4) is 0 Å². The Morgan fingerprint density at radius 2 is 0.679 bits per heavy atom. The van der Waals surface area contributed by atoms with Crippen LogP contribution in [0, 0.1) is 22.7 Å². The molecule has 39 N–H and O–H groups in total. The van der Waals surface area contributed by atoms with Crippen LogP contribution in [0.4, 0.5) is 0 Å². The monoisotopic (exact) mass is 2020 g/mol. The highest BCUT2D eigenvalue weighted by molar-refractivity contribution is 7.98. The molecule has 0 fully saturated rings. The number of hydrogen-bond donors (Lipinski definition) is 32. The van der Waals surface area contributed by atoms with Crippen LogP contribution in [0.2, 0.25) is 0 Å². The maximum absolute atomic E-state index is 14.8. The van der Waals surface area contributed by atoms with Gasteiger partial charge >= 0.3 is 11.9 Å². The topological polar surface area (TPSA) is 863 Å². The second kappa shape index (κ2) is 67.7. The van der Waals surface area contributed by atoms with E-state index in [-0.39, 0.29) is 159 Å². The van der Waals surface area contributed by atoms with Gasteiger partial charge < -0.3 is 161 Å². The number of carboxylic acid groups (broad SMARTS) is 2. The number of aliphatic hydroxyl groups is 2. The maximum Gasteiger partial charge on any atom is 0.326 e. The second-order valence-corrected chi connectivity index (χ2v) is 36.4. The lowest BCUT2D eigenvalue weighted by molar-refractivity contribution is -0.143. The number of guanidine groups is 2. The number of carboxylic acids is 2. The number of nitrogens with two attached hydrogens (primary N) is 7. The fraction of sp³-hybridized carbons (Fsp3) is 0.636. The van der Waals surface area contributed by atoms with Gasteiger partial charge in [-0.05, 0) is 213 Å². The summed E-state index contributed by atoms with van der Waals surface area (Å²) in [6.07, 6.45) is -0.772. The van der Waals surface area contributed by atoms with E-state index in [1.165, 1.54) is 72.1 Å². The van der Waals surface area contributed by atoms with Crippen molar-refractivity contribution in [2.75, 3.05) is 69.9 Å². The Hall–Kier alpha value is -12.5. The Kier molecular flexibility index (Phi) is 59.8. The summed E-state index contributed by atoms with van der Waals surface area (Å²) in [6, 6.07) is -13.3. The number of phenols is 2.